The van der Waals surface area contributed by atoms with Crippen molar-refractivity contribution in [2.45, 2.75) is 26.1 Å². The van der Waals surface area contributed by atoms with Gasteiger partial charge in [0, 0.05) is 24.1 Å². The van der Waals surface area contributed by atoms with Gasteiger partial charge in [-0.15, -0.1) is 23.4 Å². The number of halogens is 3. The molecular weight excluding hydrogens is 375 g/mol. The maximum Gasteiger partial charge on any atom is 0.573 e. The third-order valence-corrected chi connectivity index (χ3v) is 3.70. The number of anilines is 1. The molecule has 1 aromatic heterocycles. The van der Waals surface area contributed by atoms with Crippen molar-refractivity contribution in [3.8, 4) is 17.2 Å². The Kier molecular flexibility index (Phi) is 5.62. The smallest absolute Gasteiger partial charge is 0.421 e. The van der Waals surface area contributed by atoms with Crippen LogP contribution in [0, 0.1) is 6.92 Å². The maximum atomic E-state index is 12.1. The van der Waals surface area contributed by atoms with Gasteiger partial charge in [-0.05, 0) is 43.3 Å². The Bertz CT molecular complexity index is 936. The Morgan fingerprint density at radius 2 is 1.75 bits per heavy atom. The second-order valence-corrected chi connectivity index (χ2v) is 5.99. The molecule has 0 atom stereocenters. The first kappa shape index (κ1) is 19.4. The molecule has 9 heteroatoms. The molecule has 6 nitrogen and oxygen atoms in total. The van der Waals surface area contributed by atoms with E-state index in [-0.39, 0.29) is 24.5 Å². The average Bonchev–Trinajstić information content (AvgIpc) is 3.10. The van der Waals surface area contributed by atoms with Gasteiger partial charge < -0.3 is 14.5 Å². The van der Waals surface area contributed by atoms with Gasteiger partial charge in [-0.25, -0.2) is 0 Å². The molecule has 0 radical (unpaired) electrons. The number of carbonyl (C=O) groups is 1. The Labute approximate surface area is 158 Å². The van der Waals surface area contributed by atoms with Gasteiger partial charge in [-0.3, -0.25) is 4.79 Å². The molecule has 1 amide bonds. The number of ether oxygens (including phenoxy) is 1. The minimum Gasteiger partial charge on any atom is -0.421 e. The zero-order valence-corrected chi connectivity index (χ0v) is 14.8. The van der Waals surface area contributed by atoms with Gasteiger partial charge in [0.25, 0.3) is 0 Å². The molecule has 28 heavy (non-hydrogen) atoms. The summed E-state index contributed by atoms with van der Waals surface area (Å²) >= 11 is 0. The summed E-state index contributed by atoms with van der Waals surface area (Å²) in [4.78, 5) is 12.0. The van der Waals surface area contributed by atoms with Crippen LogP contribution in [0.5, 0.6) is 5.75 Å². The first-order valence-electron chi connectivity index (χ1n) is 8.33. The Morgan fingerprint density at radius 3 is 2.39 bits per heavy atom. The number of aromatic nitrogens is 2. The Balaban J connectivity index is 1.51. The molecule has 0 unspecified atom stereocenters. The van der Waals surface area contributed by atoms with Crippen molar-refractivity contribution < 1.29 is 27.1 Å². The molecule has 0 saturated carbocycles. The van der Waals surface area contributed by atoms with Crippen molar-refractivity contribution >= 4 is 11.6 Å². The highest BCUT2D eigenvalue weighted by atomic mass is 19.4. The number of carbonyl (C=O) groups excluding carboxylic acids is 1. The summed E-state index contributed by atoms with van der Waals surface area (Å²) in [5.41, 5.74) is 2.25. The quantitative estimate of drug-likeness (QED) is 0.669. The van der Waals surface area contributed by atoms with Gasteiger partial charge in [0.05, 0.1) is 0 Å². The summed E-state index contributed by atoms with van der Waals surface area (Å²) in [7, 11) is 0. The normalized spacial score (nSPS) is 11.3. The Morgan fingerprint density at radius 1 is 1.07 bits per heavy atom. The van der Waals surface area contributed by atoms with Crippen LogP contribution in [0.15, 0.2) is 52.9 Å². The number of hydrogen-bond acceptors (Lipinski definition) is 5. The van der Waals surface area contributed by atoms with E-state index in [0.717, 1.165) is 23.3 Å². The van der Waals surface area contributed by atoms with E-state index in [2.05, 4.69) is 20.3 Å². The van der Waals surface area contributed by atoms with E-state index in [1.807, 2.05) is 31.2 Å². The van der Waals surface area contributed by atoms with Gasteiger partial charge in [0.15, 0.2) is 0 Å². The number of benzene rings is 2. The van der Waals surface area contributed by atoms with Gasteiger partial charge in [0.1, 0.15) is 5.75 Å². The average molecular weight is 391 g/mol. The second-order valence-electron chi connectivity index (χ2n) is 5.99. The number of amides is 1. The van der Waals surface area contributed by atoms with Crippen LogP contribution < -0.4 is 10.1 Å². The van der Waals surface area contributed by atoms with Gasteiger partial charge in [-0.1, -0.05) is 17.7 Å². The lowest BCUT2D eigenvalue weighted by atomic mass is 10.1. The summed E-state index contributed by atoms with van der Waals surface area (Å²) in [6, 6.07) is 12.5. The summed E-state index contributed by atoms with van der Waals surface area (Å²) < 4.78 is 45.7. The molecule has 1 heterocycles. The van der Waals surface area contributed by atoms with E-state index < -0.39 is 6.36 Å². The predicted molar refractivity (Wildman–Crippen MR) is 94.5 cm³/mol. The molecule has 0 aliphatic carbocycles. The molecule has 0 aliphatic heterocycles. The molecule has 3 rings (SSSR count). The molecule has 2 aromatic carbocycles. The van der Waals surface area contributed by atoms with Crippen molar-refractivity contribution in [3.05, 3.63) is 60.0 Å². The highest BCUT2D eigenvalue weighted by molar-refractivity contribution is 5.90. The maximum absolute atomic E-state index is 12.1. The molecule has 0 aliphatic rings. The fraction of sp³-hybridized carbons (Fsp3) is 0.211. The van der Waals surface area contributed by atoms with Crippen LogP contribution in [0.2, 0.25) is 0 Å². The number of rotatable bonds is 6. The predicted octanol–water partition coefficient (Wildman–Crippen LogP) is 4.51. The molecule has 146 valence electrons. The fourth-order valence-corrected chi connectivity index (χ4v) is 2.35. The third-order valence-electron chi connectivity index (χ3n) is 3.70. The van der Waals surface area contributed by atoms with Crippen molar-refractivity contribution in [1.82, 2.24) is 10.2 Å². The van der Waals surface area contributed by atoms with E-state index in [1.54, 1.807) is 0 Å². The minimum absolute atomic E-state index is 0.0797. The molecule has 0 spiro atoms. The standard InChI is InChI=1S/C19H16F3N3O3/c1-12-2-4-13(5-3-12)18-25-24-17(27-18)11-10-16(26)23-14-6-8-15(9-7-14)28-19(20,21)22/h2-9H,10-11H2,1H3,(H,23,26). The fourth-order valence-electron chi connectivity index (χ4n) is 2.35. The summed E-state index contributed by atoms with van der Waals surface area (Å²) in [5.74, 6) is -0.00474. The first-order valence-corrected chi connectivity index (χ1v) is 8.33. The molecule has 0 fully saturated rings. The monoisotopic (exact) mass is 391 g/mol. The van der Waals surface area contributed by atoms with Crippen molar-refractivity contribution in [2.75, 3.05) is 5.32 Å². The first-order chi connectivity index (χ1) is 13.3. The molecule has 0 saturated heterocycles. The number of aryl methyl sites for hydroxylation is 2. The van der Waals surface area contributed by atoms with Crippen LogP contribution >= 0.6 is 0 Å². The largest absolute Gasteiger partial charge is 0.573 e. The van der Waals surface area contributed by atoms with E-state index in [0.29, 0.717) is 17.5 Å². The van der Waals surface area contributed by atoms with Crippen LogP contribution in [0.4, 0.5) is 18.9 Å². The topological polar surface area (TPSA) is 77.2 Å². The van der Waals surface area contributed by atoms with Crippen molar-refractivity contribution in [1.29, 1.82) is 0 Å². The lowest BCUT2D eigenvalue weighted by Crippen LogP contribution is -2.17. The van der Waals surface area contributed by atoms with Crippen LogP contribution in [0.3, 0.4) is 0 Å². The summed E-state index contributed by atoms with van der Waals surface area (Å²) in [6.45, 7) is 1.97. The molecule has 1 N–H and O–H groups in total. The minimum atomic E-state index is -4.76. The number of hydrogen-bond donors (Lipinski definition) is 1. The van der Waals surface area contributed by atoms with E-state index >= 15 is 0 Å². The molecule has 0 bridgehead atoms. The highest BCUT2D eigenvalue weighted by Crippen LogP contribution is 2.24. The van der Waals surface area contributed by atoms with E-state index in [9.17, 15) is 18.0 Å². The Hall–Kier alpha value is -3.36. The zero-order chi connectivity index (χ0) is 20.1. The molecule has 3 aromatic rings. The number of nitrogens with zero attached hydrogens (tertiary/aromatic N) is 2. The lowest BCUT2D eigenvalue weighted by molar-refractivity contribution is -0.274. The van der Waals surface area contributed by atoms with Crippen LogP contribution in [0.25, 0.3) is 11.5 Å². The lowest BCUT2D eigenvalue weighted by Gasteiger charge is -2.09. The van der Waals surface area contributed by atoms with E-state index in [1.165, 1.54) is 12.1 Å². The van der Waals surface area contributed by atoms with E-state index in [4.69, 9.17) is 4.42 Å². The summed E-state index contributed by atoms with van der Waals surface area (Å²) in [6.07, 6.45) is -4.44. The third kappa shape index (κ3) is 5.57. The summed E-state index contributed by atoms with van der Waals surface area (Å²) in [5, 5.41) is 10.5. The van der Waals surface area contributed by atoms with Crippen LogP contribution in [-0.2, 0) is 11.2 Å². The van der Waals surface area contributed by atoms with Gasteiger partial charge in [-0.2, -0.15) is 0 Å². The van der Waals surface area contributed by atoms with Crippen LogP contribution in [0.1, 0.15) is 17.9 Å². The zero-order valence-electron chi connectivity index (χ0n) is 14.8. The van der Waals surface area contributed by atoms with Gasteiger partial charge >= 0.3 is 6.36 Å². The number of nitrogens with one attached hydrogen (secondary N) is 1. The SMILES string of the molecule is Cc1ccc(-c2nnc(CCC(=O)Nc3ccc(OC(F)(F)F)cc3)o2)cc1. The van der Waals surface area contributed by atoms with Gasteiger partial charge in [0.2, 0.25) is 17.7 Å². The van der Waals surface area contributed by atoms with Crippen LogP contribution in [-0.4, -0.2) is 22.5 Å². The highest BCUT2D eigenvalue weighted by Gasteiger charge is 2.30. The van der Waals surface area contributed by atoms with Crippen molar-refractivity contribution in [3.63, 3.8) is 0 Å². The second kappa shape index (κ2) is 8.12. The van der Waals surface area contributed by atoms with Crippen molar-refractivity contribution in [2.24, 2.45) is 0 Å². The molecular formula is C19H16F3N3O3. The number of alkyl halides is 3.